The molecule has 2 aromatic rings. The predicted molar refractivity (Wildman–Crippen MR) is 156 cm³/mol. The van der Waals surface area contributed by atoms with Gasteiger partial charge in [0.05, 0.1) is 18.6 Å². The predicted octanol–water partition coefficient (Wildman–Crippen LogP) is 5.46. The molecule has 1 saturated heterocycles. The van der Waals surface area contributed by atoms with Gasteiger partial charge in [0.25, 0.3) is 0 Å². The average molecular weight is 605 g/mol. The highest BCUT2D eigenvalue weighted by Gasteiger charge is 2.47. The van der Waals surface area contributed by atoms with Gasteiger partial charge in [-0.05, 0) is 48.6 Å². The maximum absolute atomic E-state index is 14.3. The molecule has 1 aliphatic heterocycles. The first kappa shape index (κ1) is 32.1. The van der Waals surface area contributed by atoms with Gasteiger partial charge in [-0.15, -0.1) is 0 Å². The van der Waals surface area contributed by atoms with Crippen LogP contribution in [0.25, 0.3) is 0 Å². The minimum absolute atomic E-state index is 0.0227. The van der Waals surface area contributed by atoms with Crippen molar-refractivity contribution in [1.29, 1.82) is 0 Å². The molecular formula is C29H35ClN3O7S-. The zero-order valence-electron chi connectivity index (χ0n) is 23.7. The van der Waals surface area contributed by atoms with Crippen molar-refractivity contribution in [2.75, 3.05) is 18.2 Å². The van der Waals surface area contributed by atoms with E-state index in [4.69, 9.17) is 16.3 Å². The fourth-order valence-electron chi connectivity index (χ4n) is 5.14. The third-order valence-corrected chi connectivity index (χ3v) is 8.59. The van der Waals surface area contributed by atoms with E-state index in [0.717, 1.165) is 5.56 Å². The summed E-state index contributed by atoms with van der Waals surface area (Å²) in [5.74, 6) is -2.47. The van der Waals surface area contributed by atoms with Crippen LogP contribution in [0.3, 0.4) is 0 Å². The second kappa shape index (κ2) is 13.5. The van der Waals surface area contributed by atoms with Gasteiger partial charge in [-0.2, -0.15) is 10.6 Å². The van der Waals surface area contributed by atoms with Crippen molar-refractivity contribution in [3.63, 3.8) is 0 Å². The normalized spacial score (nSPS) is 20.5. The van der Waals surface area contributed by atoms with Gasteiger partial charge in [0.1, 0.15) is 11.3 Å². The third-order valence-electron chi connectivity index (χ3n) is 7.25. The number of carbonyl (C=O) groups is 4. The largest absolute Gasteiger partial charge is 0.496 e. The van der Waals surface area contributed by atoms with Crippen LogP contribution >= 0.6 is 11.6 Å². The summed E-state index contributed by atoms with van der Waals surface area (Å²) in [7, 11) is -0.500. The number of benzene rings is 2. The Labute approximate surface area is 246 Å². The third kappa shape index (κ3) is 7.85. The number of likely N-dealkylation sites (tertiary alicyclic amines) is 1. The van der Waals surface area contributed by atoms with Gasteiger partial charge in [0.2, 0.25) is 17.7 Å². The number of aromatic carboxylic acids is 1. The fraction of sp³-hybridized carbons (Fsp3) is 0.448. The molecule has 0 aliphatic carbocycles. The van der Waals surface area contributed by atoms with E-state index >= 15 is 0 Å². The Morgan fingerprint density at radius 1 is 1.22 bits per heavy atom. The molecule has 2 N–H and O–H groups in total. The summed E-state index contributed by atoms with van der Waals surface area (Å²) in [6.45, 7) is 6.79. The molecule has 0 radical (unpaired) electrons. The lowest BCUT2D eigenvalue weighted by Crippen LogP contribution is -2.56. The Bertz CT molecular complexity index is 1410. The SMILES string of the molecule is COc1cc(NC(=O)C[C@@]2(C)CC[C@@H](c3ccc(Cl)cc3)N(C(C[S-](=O)=NC(C)=O)C(C)C)C2=O)ccc1C(=O)O. The minimum atomic E-state index is -1.84. The van der Waals surface area contributed by atoms with Crippen molar-refractivity contribution in [3.8, 4) is 5.75 Å². The number of amides is 3. The summed E-state index contributed by atoms with van der Waals surface area (Å²) in [5.41, 5.74) is 0.0721. The van der Waals surface area contributed by atoms with E-state index in [1.54, 1.807) is 24.0 Å². The van der Waals surface area contributed by atoms with E-state index in [-0.39, 0.29) is 41.4 Å². The van der Waals surface area contributed by atoms with E-state index in [1.165, 1.54) is 32.2 Å². The van der Waals surface area contributed by atoms with Crippen molar-refractivity contribution in [2.24, 2.45) is 15.7 Å². The molecule has 0 bridgehead atoms. The molecule has 0 aromatic heterocycles. The first-order chi connectivity index (χ1) is 19.2. The fourth-order valence-corrected chi connectivity index (χ4v) is 6.46. The number of carbonyl (C=O) groups excluding carboxylic acids is 3. The number of nitrogens with zero attached hydrogens (tertiary/aromatic N) is 2. The molecule has 1 aliphatic rings. The Kier molecular flexibility index (Phi) is 10.5. The number of methoxy groups -OCH3 is 1. The van der Waals surface area contributed by atoms with E-state index < -0.39 is 39.8 Å². The number of halogens is 1. The van der Waals surface area contributed by atoms with Crippen LogP contribution in [0.5, 0.6) is 5.75 Å². The highest BCUT2D eigenvalue weighted by atomic mass is 35.5. The molecule has 1 unspecified atom stereocenters. The molecule has 1 heterocycles. The van der Waals surface area contributed by atoms with Gasteiger partial charge < -0.3 is 28.6 Å². The monoisotopic (exact) mass is 604 g/mol. The second-order valence-electron chi connectivity index (χ2n) is 10.7. The number of rotatable bonds is 10. The minimum Gasteiger partial charge on any atom is -0.496 e. The van der Waals surface area contributed by atoms with Gasteiger partial charge in [-0.1, -0.05) is 50.3 Å². The van der Waals surface area contributed by atoms with E-state index in [0.29, 0.717) is 23.6 Å². The maximum atomic E-state index is 14.3. The zero-order valence-corrected chi connectivity index (χ0v) is 25.3. The summed E-state index contributed by atoms with van der Waals surface area (Å²) in [6, 6.07) is 10.5. The lowest BCUT2D eigenvalue weighted by atomic mass is 9.73. The van der Waals surface area contributed by atoms with Crippen LogP contribution in [0.2, 0.25) is 5.02 Å². The first-order valence-electron chi connectivity index (χ1n) is 13.2. The quantitative estimate of drug-likeness (QED) is 0.343. The second-order valence-corrected chi connectivity index (χ2v) is 12.3. The summed E-state index contributed by atoms with van der Waals surface area (Å²) in [4.78, 5) is 52.1. The molecule has 222 valence electrons. The van der Waals surface area contributed by atoms with Gasteiger partial charge >= 0.3 is 5.97 Å². The zero-order chi connectivity index (χ0) is 30.5. The average Bonchev–Trinajstić information content (AvgIpc) is 2.89. The smallest absolute Gasteiger partial charge is 0.339 e. The number of hydrogen-bond donors (Lipinski definition) is 2. The van der Waals surface area contributed by atoms with Crippen molar-refractivity contribution < 1.29 is 33.2 Å². The number of carboxylic acids is 1. The van der Waals surface area contributed by atoms with Crippen LogP contribution in [0, 0.1) is 11.3 Å². The van der Waals surface area contributed by atoms with Gasteiger partial charge in [0, 0.05) is 36.2 Å². The molecule has 10 nitrogen and oxygen atoms in total. The standard InChI is InChI=1S/C29H35ClN3O7S/c1-17(2)24(16-41(39)32-18(3)34)33-23(19-6-8-20(30)9-7-19)12-13-29(4,28(33)38)15-26(35)31-21-10-11-22(27(36)37)25(14-21)40-5/h6-11,14,17,23-24H,12-13,15-16H2,1-5H3,(H,31,35)(H,36,37)/q-1/t23-,24?,29+/m0/s1. The molecule has 41 heavy (non-hydrogen) atoms. The van der Waals surface area contributed by atoms with E-state index in [2.05, 4.69) is 9.68 Å². The van der Waals surface area contributed by atoms with Gasteiger partial charge in [-0.25, -0.2) is 4.79 Å². The maximum Gasteiger partial charge on any atom is 0.339 e. The van der Waals surface area contributed by atoms with Gasteiger partial charge in [-0.3, -0.25) is 14.4 Å². The molecule has 3 rings (SSSR count). The summed E-state index contributed by atoms with van der Waals surface area (Å²) >= 11 is 6.11. The number of ether oxygens (including phenoxy) is 1. The molecule has 3 amide bonds. The summed E-state index contributed by atoms with van der Waals surface area (Å²) in [6.07, 6.45) is 0.818. The van der Waals surface area contributed by atoms with Gasteiger partial charge in [0.15, 0.2) is 0 Å². The van der Waals surface area contributed by atoms with Crippen molar-refractivity contribution >= 4 is 51.6 Å². The Morgan fingerprint density at radius 3 is 2.44 bits per heavy atom. The number of hydrogen-bond acceptors (Lipinski definition) is 7. The highest BCUT2D eigenvalue weighted by Crippen LogP contribution is 2.45. The number of anilines is 1. The van der Waals surface area contributed by atoms with Crippen molar-refractivity contribution in [3.05, 3.63) is 58.6 Å². The highest BCUT2D eigenvalue weighted by molar-refractivity contribution is 7.75. The van der Waals surface area contributed by atoms with Crippen molar-refractivity contribution in [1.82, 2.24) is 4.90 Å². The molecule has 0 spiro atoms. The Morgan fingerprint density at radius 2 is 1.88 bits per heavy atom. The molecule has 1 fully saturated rings. The number of carboxylic acid groups (broad SMARTS) is 1. The number of piperidine rings is 1. The molecule has 3 atom stereocenters. The van der Waals surface area contributed by atoms with Crippen LogP contribution in [0.15, 0.2) is 46.8 Å². The molecule has 2 aromatic carbocycles. The molecule has 0 saturated carbocycles. The topological polar surface area (TPSA) is 142 Å². The van der Waals surface area contributed by atoms with Crippen LogP contribution in [0.4, 0.5) is 5.69 Å². The molecule has 12 heteroatoms. The Hall–Kier alpha value is -3.44. The molecular weight excluding hydrogens is 570 g/mol. The van der Waals surface area contributed by atoms with Crippen LogP contribution in [0.1, 0.15) is 68.9 Å². The lowest BCUT2D eigenvalue weighted by molar-refractivity contribution is -0.155. The van der Waals surface area contributed by atoms with Crippen LogP contribution < -0.4 is 10.1 Å². The number of nitrogens with one attached hydrogen (secondary N) is 1. The van der Waals surface area contributed by atoms with E-state index in [1.807, 2.05) is 26.0 Å². The van der Waals surface area contributed by atoms with Crippen LogP contribution in [-0.2, 0) is 29.2 Å². The van der Waals surface area contributed by atoms with E-state index in [9.17, 15) is 28.5 Å². The summed E-state index contributed by atoms with van der Waals surface area (Å²) < 4.78 is 21.5. The first-order valence-corrected chi connectivity index (χ1v) is 14.8. The Balaban J connectivity index is 1.93. The summed E-state index contributed by atoms with van der Waals surface area (Å²) in [5, 5.41) is 12.6. The lowest BCUT2D eigenvalue weighted by Gasteiger charge is -2.50. The van der Waals surface area contributed by atoms with Crippen molar-refractivity contribution in [2.45, 2.75) is 59.0 Å². The van der Waals surface area contributed by atoms with Crippen LogP contribution in [-0.4, -0.2) is 52.6 Å².